The van der Waals surface area contributed by atoms with E-state index in [-0.39, 0.29) is 5.91 Å². The van der Waals surface area contributed by atoms with Gasteiger partial charge >= 0.3 is 0 Å². The van der Waals surface area contributed by atoms with E-state index in [1.165, 1.54) is 16.8 Å². The lowest BCUT2D eigenvalue weighted by atomic mass is 10.0. The van der Waals surface area contributed by atoms with Crippen molar-refractivity contribution in [1.29, 1.82) is 0 Å². The smallest absolute Gasteiger partial charge is 0.274 e. The van der Waals surface area contributed by atoms with Gasteiger partial charge in [0.1, 0.15) is 5.75 Å². The van der Waals surface area contributed by atoms with Gasteiger partial charge < -0.3 is 14.4 Å². The van der Waals surface area contributed by atoms with Gasteiger partial charge in [-0.1, -0.05) is 42.5 Å². The molecule has 5 rings (SSSR count). The molecule has 3 aromatic rings. The third-order valence-electron chi connectivity index (χ3n) is 6.96. The minimum atomic E-state index is 0.0395. The van der Waals surface area contributed by atoms with Gasteiger partial charge in [-0.3, -0.25) is 14.4 Å². The lowest BCUT2D eigenvalue weighted by Gasteiger charge is -2.29. The number of rotatable bonds is 8. The number of methoxy groups -OCH3 is 1. The van der Waals surface area contributed by atoms with Crippen molar-refractivity contribution in [2.45, 2.75) is 38.9 Å². The monoisotopic (exact) mass is 474 g/mol. The average Bonchev–Trinajstić information content (AvgIpc) is 3.27. The molecule has 0 saturated carbocycles. The zero-order valence-electron chi connectivity index (χ0n) is 20.5. The topological polar surface area (TPSA) is 59.8 Å². The molecular weight excluding hydrogens is 440 g/mol. The predicted octanol–water partition coefficient (Wildman–Crippen LogP) is 3.56. The molecule has 1 amide bonds. The lowest BCUT2D eigenvalue weighted by molar-refractivity contribution is 0.0297. The van der Waals surface area contributed by atoms with Crippen LogP contribution in [0.5, 0.6) is 5.75 Å². The fourth-order valence-electron chi connectivity index (χ4n) is 5.02. The summed E-state index contributed by atoms with van der Waals surface area (Å²) >= 11 is 0. The van der Waals surface area contributed by atoms with Crippen molar-refractivity contribution in [3.05, 3.63) is 82.7 Å². The van der Waals surface area contributed by atoms with E-state index < -0.39 is 0 Å². The van der Waals surface area contributed by atoms with Gasteiger partial charge in [0.15, 0.2) is 5.69 Å². The Balaban J connectivity index is 1.34. The minimum Gasteiger partial charge on any atom is -0.497 e. The zero-order chi connectivity index (χ0) is 24.0. The number of aryl methyl sites for hydroxylation is 2. The van der Waals surface area contributed by atoms with E-state index in [1.807, 2.05) is 17.0 Å². The first-order chi connectivity index (χ1) is 17.2. The molecule has 0 aliphatic carbocycles. The third kappa shape index (κ3) is 5.57. The molecular formula is C28H34N4O3. The summed E-state index contributed by atoms with van der Waals surface area (Å²) in [5.74, 6) is 0.905. The molecule has 1 fully saturated rings. The van der Waals surface area contributed by atoms with Gasteiger partial charge in [0, 0.05) is 56.9 Å². The molecule has 0 unspecified atom stereocenters. The van der Waals surface area contributed by atoms with Gasteiger partial charge in [-0.05, 0) is 36.1 Å². The maximum atomic E-state index is 13.5. The largest absolute Gasteiger partial charge is 0.497 e. The van der Waals surface area contributed by atoms with Crippen molar-refractivity contribution < 1.29 is 14.3 Å². The van der Waals surface area contributed by atoms with Crippen molar-refractivity contribution >= 4 is 5.91 Å². The number of morpholine rings is 1. The molecule has 2 aliphatic rings. The molecule has 3 heterocycles. The Morgan fingerprint density at radius 3 is 2.51 bits per heavy atom. The molecule has 0 atom stereocenters. The summed E-state index contributed by atoms with van der Waals surface area (Å²) in [6.45, 7) is 5.80. The van der Waals surface area contributed by atoms with Crippen LogP contribution >= 0.6 is 0 Å². The van der Waals surface area contributed by atoms with Crippen LogP contribution in [0.2, 0.25) is 0 Å². The van der Waals surface area contributed by atoms with Crippen molar-refractivity contribution in [3.63, 3.8) is 0 Å². The maximum absolute atomic E-state index is 13.5. The highest BCUT2D eigenvalue weighted by Crippen LogP contribution is 2.26. The van der Waals surface area contributed by atoms with E-state index in [2.05, 4.69) is 52.0 Å². The number of carbonyl (C=O) groups is 1. The first-order valence-corrected chi connectivity index (χ1v) is 12.6. The highest BCUT2D eigenvalue weighted by Gasteiger charge is 2.31. The highest BCUT2D eigenvalue weighted by molar-refractivity contribution is 5.94. The van der Waals surface area contributed by atoms with E-state index in [0.29, 0.717) is 32.0 Å². The summed E-state index contributed by atoms with van der Waals surface area (Å²) in [5, 5.41) is 4.90. The number of amides is 1. The first-order valence-electron chi connectivity index (χ1n) is 12.6. The van der Waals surface area contributed by atoms with Crippen LogP contribution in [0, 0.1) is 0 Å². The van der Waals surface area contributed by atoms with Crippen molar-refractivity contribution in [1.82, 2.24) is 19.6 Å². The van der Waals surface area contributed by atoms with Crippen LogP contribution in [0.1, 0.15) is 39.3 Å². The van der Waals surface area contributed by atoms with Gasteiger partial charge in [0.25, 0.3) is 5.91 Å². The van der Waals surface area contributed by atoms with E-state index in [4.69, 9.17) is 14.6 Å². The van der Waals surface area contributed by atoms with Gasteiger partial charge in [0.2, 0.25) is 0 Å². The fraction of sp³-hybridized carbons (Fsp3) is 0.429. The molecule has 0 spiro atoms. The highest BCUT2D eigenvalue weighted by atomic mass is 16.5. The molecule has 7 heteroatoms. The van der Waals surface area contributed by atoms with Crippen LogP contribution in [0.15, 0.2) is 54.6 Å². The number of hydrogen-bond acceptors (Lipinski definition) is 5. The number of hydrogen-bond donors (Lipinski definition) is 0. The van der Waals surface area contributed by atoms with Crippen molar-refractivity contribution in [2.24, 2.45) is 0 Å². The third-order valence-corrected chi connectivity index (χ3v) is 6.96. The summed E-state index contributed by atoms with van der Waals surface area (Å²) in [6, 6.07) is 18.8. The Bertz CT molecular complexity index is 1120. The maximum Gasteiger partial charge on any atom is 0.274 e. The van der Waals surface area contributed by atoms with Crippen LogP contribution in [-0.4, -0.2) is 65.4 Å². The van der Waals surface area contributed by atoms with Crippen molar-refractivity contribution in [2.75, 3.05) is 40.0 Å². The Labute approximate surface area is 207 Å². The number of carbonyl (C=O) groups excluding carboxylic acids is 1. The normalized spacial score (nSPS) is 16.2. The quantitative estimate of drug-likeness (QED) is 0.500. The molecule has 0 radical (unpaired) electrons. The molecule has 2 aromatic carbocycles. The van der Waals surface area contributed by atoms with Gasteiger partial charge in [0.05, 0.1) is 20.3 Å². The molecule has 7 nitrogen and oxygen atoms in total. The van der Waals surface area contributed by atoms with Crippen LogP contribution in [0.3, 0.4) is 0 Å². The number of ether oxygens (including phenoxy) is 2. The summed E-state index contributed by atoms with van der Waals surface area (Å²) in [7, 11) is 1.69. The zero-order valence-corrected chi connectivity index (χ0v) is 20.5. The van der Waals surface area contributed by atoms with Gasteiger partial charge in [-0.15, -0.1) is 0 Å². The van der Waals surface area contributed by atoms with Gasteiger partial charge in [-0.25, -0.2) is 0 Å². The summed E-state index contributed by atoms with van der Waals surface area (Å²) < 4.78 is 12.9. The number of nitrogens with zero attached hydrogens (tertiary/aromatic N) is 4. The first kappa shape index (κ1) is 23.6. The summed E-state index contributed by atoms with van der Waals surface area (Å²) in [4.78, 5) is 17.8. The average molecular weight is 475 g/mol. The second-order valence-electron chi connectivity index (χ2n) is 9.30. The van der Waals surface area contributed by atoms with E-state index >= 15 is 0 Å². The van der Waals surface area contributed by atoms with Crippen LogP contribution in [0.25, 0.3) is 0 Å². The Morgan fingerprint density at radius 1 is 1.00 bits per heavy atom. The van der Waals surface area contributed by atoms with E-state index in [0.717, 1.165) is 56.8 Å². The molecule has 0 N–H and O–H groups in total. The number of fused-ring (bicyclic) bond motifs is 1. The fourth-order valence-corrected chi connectivity index (χ4v) is 5.02. The Hall–Kier alpha value is -3.16. The molecule has 184 valence electrons. The molecule has 2 aliphatic heterocycles. The minimum absolute atomic E-state index is 0.0395. The summed E-state index contributed by atoms with van der Waals surface area (Å²) in [6.07, 6.45) is 2.91. The lowest BCUT2D eigenvalue weighted by Crippen LogP contribution is -2.41. The molecule has 1 saturated heterocycles. The van der Waals surface area contributed by atoms with Crippen molar-refractivity contribution in [3.8, 4) is 5.75 Å². The number of benzene rings is 2. The predicted molar refractivity (Wildman–Crippen MR) is 135 cm³/mol. The molecule has 35 heavy (non-hydrogen) atoms. The Kier molecular flexibility index (Phi) is 7.45. The standard InChI is InChI=1S/C28H34N4O3/c1-34-24-11-9-23(10-12-24)20-30-15-13-26-25(21-30)27(28(33)31-16-18-35-19-17-31)29-32(26)14-5-8-22-6-3-2-4-7-22/h2-4,6-7,9-12H,5,8,13-21H2,1H3. The SMILES string of the molecule is COc1ccc(CN2CCc3c(c(C(=O)N4CCOCC4)nn3CCCc3ccccc3)C2)cc1. The van der Waals surface area contributed by atoms with Crippen LogP contribution in [0.4, 0.5) is 0 Å². The molecule has 0 bridgehead atoms. The number of aromatic nitrogens is 2. The second-order valence-corrected chi connectivity index (χ2v) is 9.30. The van der Waals surface area contributed by atoms with Crippen LogP contribution in [-0.2, 0) is 37.2 Å². The van der Waals surface area contributed by atoms with Crippen LogP contribution < -0.4 is 4.74 Å². The van der Waals surface area contributed by atoms with E-state index in [1.54, 1.807) is 7.11 Å². The van der Waals surface area contributed by atoms with E-state index in [9.17, 15) is 4.79 Å². The molecule has 1 aromatic heterocycles. The second kappa shape index (κ2) is 11.1. The summed E-state index contributed by atoms with van der Waals surface area (Å²) in [5.41, 5.74) is 5.53. The van der Waals surface area contributed by atoms with Gasteiger partial charge in [-0.2, -0.15) is 5.10 Å². The Morgan fingerprint density at radius 2 is 1.77 bits per heavy atom.